The van der Waals surface area contributed by atoms with Crippen molar-refractivity contribution in [3.05, 3.63) is 26.7 Å². The molecule has 0 aliphatic carbocycles. The summed E-state index contributed by atoms with van der Waals surface area (Å²) in [5.41, 5.74) is -0.196. The Kier molecular flexibility index (Phi) is 2.72. The maximum atomic E-state index is 10.4. The highest BCUT2D eigenvalue weighted by Gasteiger charge is 2.18. The standard InChI is InChI=1S/C7H6BrNO4/c1-13-5-3-2-4(9(11)12)6(8)7(5)10/h2-3,10H,1H3. The second kappa shape index (κ2) is 3.61. The third kappa shape index (κ3) is 1.72. The van der Waals surface area contributed by atoms with Crippen LogP contribution in [0.25, 0.3) is 0 Å². The van der Waals surface area contributed by atoms with Crippen LogP contribution >= 0.6 is 15.9 Å². The number of benzene rings is 1. The molecule has 1 aromatic rings. The van der Waals surface area contributed by atoms with E-state index in [0.29, 0.717) is 0 Å². The Bertz CT molecular complexity index is 353. The number of hydrogen-bond acceptors (Lipinski definition) is 4. The first-order valence-corrected chi connectivity index (χ1v) is 4.07. The van der Waals surface area contributed by atoms with E-state index in [2.05, 4.69) is 15.9 Å². The highest BCUT2D eigenvalue weighted by atomic mass is 79.9. The molecule has 70 valence electrons. The smallest absolute Gasteiger partial charge is 0.287 e. The van der Waals surface area contributed by atoms with Crippen LogP contribution in [0.1, 0.15) is 0 Å². The molecule has 0 saturated carbocycles. The zero-order valence-corrected chi connectivity index (χ0v) is 8.24. The maximum Gasteiger partial charge on any atom is 0.287 e. The number of halogens is 1. The van der Waals surface area contributed by atoms with Crippen LogP contribution in [0.2, 0.25) is 0 Å². The number of nitro groups is 1. The van der Waals surface area contributed by atoms with Gasteiger partial charge in [-0.05, 0) is 22.0 Å². The molecule has 0 unspecified atom stereocenters. The number of phenolic OH excluding ortho intramolecular Hbond substituents is 1. The summed E-state index contributed by atoms with van der Waals surface area (Å²) in [7, 11) is 1.37. The lowest BCUT2D eigenvalue weighted by Gasteiger charge is -2.04. The molecule has 0 aromatic heterocycles. The molecule has 0 aliphatic rings. The largest absolute Gasteiger partial charge is 0.503 e. The zero-order chi connectivity index (χ0) is 10.0. The topological polar surface area (TPSA) is 72.6 Å². The van der Waals surface area contributed by atoms with E-state index in [4.69, 9.17) is 4.74 Å². The molecule has 5 nitrogen and oxygen atoms in total. The number of ether oxygens (including phenoxy) is 1. The minimum Gasteiger partial charge on any atom is -0.503 e. The fourth-order valence-corrected chi connectivity index (χ4v) is 1.31. The number of hydrogen-bond donors (Lipinski definition) is 1. The van der Waals surface area contributed by atoms with Gasteiger partial charge in [0.15, 0.2) is 11.5 Å². The van der Waals surface area contributed by atoms with Crippen molar-refractivity contribution >= 4 is 21.6 Å². The van der Waals surface area contributed by atoms with Crippen LogP contribution in [0.5, 0.6) is 11.5 Å². The molecule has 0 amide bonds. The SMILES string of the molecule is COc1ccc([N+](=O)[O-])c(Br)c1O. The molecule has 1 rings (SSSR count). The van der Waals surface area contributed by atoms with Crippen molar-refractivity contribution in [2.75, 3.05) is 7.11 Å². The summed E-state index contributed by atoms with van der Waals surface area (Å²) in [6.45, 7) is 0. The van der Waals surface area contributed by atoms with Gasteiger partial charge in [-0.1, -0.05) is 0 Å². The van der Waals surface area contributed by atoms with Crippen LogP contribution in [-0.4, -0.2) is 17.1 Å². The van der Waals surface area contributed by atoms with Crippen LogP contribution in [0, 0.1) is 10.1 Å². The summed E-state index contributed by atoms with van der Waals surface area (Å²) in [5, 5.41) is 19.7. The first kappa shape index (κ1) is 9.79. The summed E-state index contributed by atoms with van der Waals surface area (Å²) in [6.07, 6.45) is 0. The second-order valence-corrected chi connectivity index (χ2v) is 3.00. The van der Waals surface area contributed by atoms with Crippen molar-refractivity contribution in [3.8, 4) is 11.5 Å². The lowest BCUT2D eigenvalue weighted by atomic mass is 10.3. The molecule has 0 saturated heterocycles. The van der Waals surface area contributed by atoms with E-state index in [1.807, 2.05) is 0 Å². The van der Waals surface area contributed by atoms with E-state index in [1.165, 1.54) is 19.2 Å². The lowest BCUT2D eigenvalue weighted by molar-refractivity contribution is -0.385. The number of rotatable bonds is 2. The summed E-state index contributed by atoms with van der Waals surface area (Å²) in [4.78, 5) is 9.80. The van der Waals surface area contributed by atoms with E-state index in [-0.39, 0.29) is 21.7 Å². The monoisotopic (exact) mass is 247 g/mol. The minimum absolute atomic E-state index is 0.0249. The molecule has 0 heterocycles. The number of phenols is 1. The van der Waals surface area contributed by atoms with Gasteiger partial charge in [0.25, 0.3) is 5.69 Å². The molecule has 1 aromatic carbocycles. The van der Waals surface area contributed by atoms with E-state index < -0.39 is 4.92 Å². The first-order valence-electron chi connectivity index (χ1n) is 3.27. The number of methoxy groups -OCH3 is 1. The number of nitro benzene ring substituents is 1. The molecule has 0 atom stereocenters. The molecule has 0 bridgehead atoms. The Morgan fingerprint density at radius 3 is 2.69 bits per heavy atom. The van der Waals surface area contributed by atoms with Crippen LogP contribution < -0.4 is 4.74 Å². The molecule has 0 spiro atoms. The van der Waals surface area contributed by atoms with Gasteiger partial charge in [-0.2, -0.15) is 0 Å². The first-order chi connectivity index (χ1) is 6.07. The van der Waals surface area contributed by atoms with Gasteiger partial charge in [-0.25, -0.2) is 0 Å². The van der Waals surface area contributed by atoms with Gasteiger partial charge in [0.2, 0.25) is 0 Å². The number of aromatic hydroxyl groups is 1. The van der Waals surface area contributed by atoms with Crippen LogP contribution in [0.3, 0.4) is 0 Å². The molecule has 6 heteroatoms. The highest BCUT2D eigenvalue weighted by Crippen LogP contribution is 2.39. The summed E-state index contributed by atoms with van der Waals surface area (Å²) in [5.74, 6) is -0.0748. The average Bonchev–Trinajstić information content (AvgIpc) is 2.09. The Labute approximate surface area is 82.2 Å². The number of nitrogens with zero attached hydrogens (tertiary/aromatic N) is 1. The van der Waals surface area contributed by atoms with E-state index in [1.54, 1.807) is 0 Å². The quantitative estimate of drug-likeness (QED) is 0.642. The van der Waals surface area contributed by atoms with Gasteiger partial charge < -0.3 is 9.84 Å². The van der Waals surface area contributed by atoms with Crippen molar-refractivity contribution in [2.45, 2.75) is 0 Å². The summed E-state index contributed by atoms with van der Waals surface area (Å²) < 4.78 is 4.78. The van der Waals surface area contributed by atoms with Crippen molar-refractivity contribution in [1.82, 2.24) is 0 Å². The van der Waals surface area contributed by atoms with Gasteiger partial charge >= 0.3 is 0 Å². The fraction of sp³-hybridized carbons (Fsp3) is 0.143. The molecular weight excluding hydrogens is 242 g/mol. The summed E-state index contributed by atoms with van der Waals surface area (Å²) in [6, 6.07) is 2.58. The third-order valence-electron chi connectivity index (χ3n) is 1.48. The zero-order valence-electron chi connectivity index (χ0n) is 6.65. The van der Waals surface area contributed by atoms with Gasteiger partial charge in [0.05, 0.1) is 12.0 Å². The van der Waals surface area contributed by atoms with Gasteiger partial charge in [-0.15, -0.1) is 0 Å². The highest BCUT2D eigenvalue weighted by molar-refractivity contribution is 9.10. The van der Waals surface area contributed by atoms with Crippen LogP contribution in [-0.2, 0) is 0 Å². The predicted molar refractivity (Wildman–Crippen MR) is 49.0 cm³/mol. The third-order valence-corrected chi connectivity index (χ3v) is 2.26. The van der Waals surface area contributed by atoms with Crippen LogP contribution in [0.15, 0.2) is 16.6 Å². The Morgan fingerprint density at radius 2 is 2.23 bits per heavy atom. The van der Waals surface area contributed by atoms with E-state index in [0.717, 1.165) is 0 Å². The fourth-order valence-electron chi connectivity index (χ4n) is 0.842. The molecule has 0 fully saturated rings. The molecule has 0 aliphatic heterocycles. The van der Waals surface area contributed by atoms with Crippen molar-refractivity contribution in [3.63, 3.8) is 0 Å². The van der Waals surface area contributed by atoms with Gasteiger partial charge in [0.1, 0.15) is 4.47 Å². The van der Waals surface area contributed by atoms with Gasteiger partial charge in [-0.3, -0.25) is 10.1 Å². The molecule has 13 heavy (non-hydrogen) atoms. The van der Waals surface area contributed by atoms with Crippen LogP contribution in [0.4, 0.5) is 5.69 Å². The Hall–Kier alpha value is -1.30. The Morgan fingerprint density at radius 1 is 1.62 bits per heavy atom. The molecule has 1 N–H and O–H groups in total. The average molecular weight is 248 g/mol. The predicted octanol–water partition coefficient (Wildman–Crippen LogP) is 2.07. The van der Waals surface area contributed by atoms with E-state index >= 15 is 0 Å². The summed E-state index contributed by atoms with van der Waals surface area (Å²) >= 11 is 2.90. The van der Waals surface area contributed by atoms with E-state index in [9.17, 15) is 15.2 Å². The maximum absolute atomic E-state index is 10.4. The normalized spacial score (nSPS) is 9.69. The van der Waals surface area contributed by atoms with Crippen molar-refractivity contribution in [1.29, 1.82) is 0 Å². The van der Waals surface area contributed by atoms with Crippen molar-refractivity contribution < 1.29 is 14.8 Å². The Balaban J connectivity index is 3.31. The van der Waals surface area contributed by atoms with Gasteiger partial charge in [0, 0.05) is 6.07 Å². The lowest BCUT2D eigenvalue weighted by Crippen LogP contribution is -1.91. The molecular formula is C7H6BrNO4. The van der Waals surface area contributed by atoms with Crippen molar-refractivity contribution in [2.24, 2.45) is 0 Å². The second-order valence-electron chi connectivity index (χ2n) is 2.21. The molecule has 0 radical (unpaired) electrons. The minimum atomic E-state index is -0.594.